The molecule has 0 aliphatic heterocycles. The highest BCUT2D eigenvalue weighted by Gasteiger charge is 2.32. The van der Waals surface area contributed by atoms with Crippen LogP contribution in [-0.2, 0) is 28.3 Å². The Morgan fingerprint density at radius 3 is 2.26 bits per heavy atom. The van der Waals surface area contributed by atoms with Crippen molar-refractivity contribution in [2.75, 3.05) is 12.9 Å². The van der Waals surface area contributed by atoms with E-state index >= 15 is 0 Å². The summed E-state index contributed by atoms with van der Waals surface area (Å²) in [6, 6.07) is 25.4. The molecule has 5 nitrogen and oxygen atoms in total. The number of ether oxygens (including phenoxy) is 1. The summed E-state index contributed by atoms with van der Waals surface area (Å²) in [5, 5.41) is 3.26. The fraction of sp³-hybridized carbons (Fsp3) is 0.355. The van der Waals surface area contributed by atoms with E-state index in [1.807, 2.05) is 78.9 Å². The van der Waals surface area contributed by atoms with Crippen LogP contribution in [0.15, 0.2) is 83.3 Å². The molecule has 2 amide bonds. The van der Waals surface area contributed by atoms with Crippen LogP contribution in [0, 0.1) is 0 Å². The molecule has 0 unspecified atom stereocenters. The second-order valence-corrected chi connectivity index (χ2v) is 11.6. The molecule has 1 atom stereocenters. The molecule has 0 radical (unpaired) electrons. The zero-order valence-corrected chi connectivity index (χ0v) is 24.2. The first-order valence-corrected chi connectivity index (χ1v) is 15.1. The van der Waals surface area contributed by atoms with Crippen molar-refractivity contribution in [2.45, 2.75) is 56.5 Å². The first-order chi connectivity index (χ1) is 18.5. The van der Waals surface area contributed by atoms with Gasteiger partial charge in [-0.25, -0.2) is 0 Å². The standard InChI is InChI=1S/C31H35BrN2O3S/c1-37-28-17-13-25(14-18-28)21-38-22-30(35)34(20-24-11-15-26(32)16-12-24)29(19-23-7-3-2-4-8-23)31(36)33-27-9-5-6-10-27/h2-4,7-8,11-18,27,29H,5-6,9-10,19-22H2,1H3,(H,33,36)/t29-/m0/s1. The van der Waals surface area contributed by atoms with Gasteiger partial charge in [0.1, 0.15) is 11.8 Å². The first kappa shape index (κ1) is 28.2. The van der Waals surface area contributed by atoms with Crippen LogP contribution in [0.4, 0.5) is 0 Å². The molecule has 1 aliphatic rings. The number of carbonyl (C=O) groups excluding carboxylic acids is 2. The maximum atomic E-state index is 13.8. The van der Waals surface area contributed by atoms with Crippen molar-refractivity contribution in [3.05, 3.63) is 100 Å². The summed E-state index contributed by atoms with van der Waals surface area (Å²) in [5.74, 6) is 1.72. The van der Waals surface area contributed by atoms with E-state index in [4.69, 9.17) is 4.74 Å². The number of nitrogens with zero attached hydrogens (tertiary/aromatic N) is 1. The van der Waals surface area contributed by atoms with Gasteiger partial charge in [0, 0.05) is 29.2 Å². The monoisotopic (exact) mass is 594 g/mol. The summed E-state index contributed by atoms with van der Waals surface area (Å²) in [6.45, 7) is 0.380. The van der Waals surface area contributed by atoms with Gasteiger partial charge in [0.25, 0.3) is 0 Å². The van der Waals surface area contributed by atoms with Crippen LogP contribution in [0.25, 0.3) is 0 Å². The van der Waals surface area contributed by atoms with Crippen LogP contribution < -0.4 is 10.1 Å². The lowest BCUT2D eigenvalue weighted by Crippen LogP contribution is -2.52. The lowest BCUT2D eigenvalue weighted by atomic mass is 10.0. The topological polar surface area (TPSA) is 58.6 Å². The van der Waals surface area contributed by atoms with Crippen LogP contribution in [0.5, 0.6) is 5.75 Å². The SMILES string of the molecule is COc1ccc(CSCC(=O)N(Cc2ccc(Br)cc2)[C@@H](Cc2ccccc2)C(=O)NC2CCCC2)cc1. The molecule has 1 aliphatic carbocycles. The van der Waals surface area contributed by atoms with Crippen LogP contribution >= 0.6 is 27.7 Å². The number of thioether (sulfide) groups is 1. The minimum atomic E-state index is -0.587. The fourth-order valence-corrected chi connectivity index (χ4v) is 5.90. The Labute approximate surface area is 238 Å². The normalized spacial score (nSPS) is 14.2. The third-order valence-electron chi connectivity index (χ3n) is 6.89. The van der Waals surface area contributed by atoms with Crippen molar-refractivity contribution in [1.82, 2.24) is 10.2 Å². The molecule has 38 heavy (non-hydrogen) atoms. The van der Waals surface area contributed by atoms with E-state index in [2.05, 4.69) is 21.2 Å². The quantitative estimate of drug-likeness (QED) is 0.264. The van der Waals surface area contributed by atoms with E-state index in [-0.39, 0.29) is 17.9 Å². The van der Waals surface area contributed by atoms with Gasteiger partial charge in [0.05, 0.1) is 12.9 Å². The molecule has 3 aromatic carbocycles. The Kier molecular flexibility index (Phi) is 10.7. The molecular weight excluding hydrogens is 560 g/mol. The number of hydrogen-bond acceptors (Lipinski definition) is 4. The molecule has 0 spiro atoms. The average molecular weight is 596 g/mol. The van der Waals surface area contributed by atoms with Crippen molar-refractivity contribution < 1.29 is 14.3 Å². The summed E-state index contributed by atoms with van der Waals surface area (Å²) in [5.41, 5.74) is 3.16. The highest BCUT2D eigenvalue weighted by molar-refractivity contribution is 9.10. The number of nitrogens with one attached hydrogen (secondary N) is 1. The third kappa shape index (κ3) is 8.37. The van der Waals surface area contributed by atoms with Crippen molar-refractivity contribution in [2.24, 2.45) is 0 Å². The zero-order chi connectivity index (χ0) is 26.7. The summed E-state index contributed by atoms with van der Waals surface area (Å²) >= 11 is 5.06. The number of carbonyl (C=O) groups is 2. The van der Waals surface area contributed by atoms with Gasteiger partial charge in [-0.05, 0) is 53.8 Å². The van der Waals surface area contributed by atoms with Crippen LogP contribution in [-0.4, -0.2) is 41.7 Å². The van der Waals surface area contributed by atoms with Gasteiger partial charge in [-0.15, -0.1) is 11.8 Å². The molecule has 1 fully saturated rings. The predicted molar refractivity (Wildman–Crippen MR) is 158 cm³/mol. The number of rotatable bonds is 12. The fourth-order valence-electron chi connectivity index (χ4n) is 4.77. The van der Waals surface area contributed by atoms with E-state index in [0.29, 0.717) is 24.5 Å². The number of methoxy groups -OCH3 is 1. The molecule has 0 heterocycles. The smallest absolute Gasteiger partial charge is 0.243 e. The van der Waals surface area contributed by atoms with Crippen LogP contribution in [0.1, 0.15) is 42.4 Å². The van der Waals surface area contributed by atoms with Gasteiger partial charge < -0.3 is 15.0 Å². The van der Waals surface area contributed by atoms with Crippen molar-refractivity contribution >= 4 is 39.5 Å². The van der Waals surface area contributed by atoms with Crippen LogP contribution in [0.2, 0.25) is 0 Å². The van der Waals surface area contributed by atoms with Gasteiger partial charge in [-0.1, -0.05) is 83.4 Å². The lowest BCUT2D eigenvalue weighted by Gasteiger charge is -2.32. The first-order valence-electron chi connectivity index (χ1n) is 13.1. The molecule has 7 heteroatoms. The van der Waals surface area contributed by atoms with E-state index in [1.165, 1.54) is 0 Å². The van der Waals surface area contributed by atoms with Crippen molar-refractivity contribution in [3.8, 4) is 5.75 Å². The van der Waals surface area contributed by atoms with Gasteiger partial charge >= 0.3 is 0 Å². The molecule has 0 saturated heterocycles. The predicted octanol–water partition coefficient (Wildman–Crippen LogP) is 6.39. The van der Waals surface area contributed by atoms with Gasteiger partial charge in [0.15, 0.2) is 0 Å². The zero-order valence-electron chi connectivity index (χ0n) is 21.8. The van der Waals surface area contributed by atoms with Crippen LogP contribution in [0.3, 0.4) is 0 Å². The molecule has 3 aromatic rings. The maximum absolute atomic E-state index is 13.8. The molecule has 4 rings (SSSR count). The molecule has 200 valence electrons. The number of hydrogen-bond donors (Lipinski definition) is 1. The van der Waals surface area contributed by atoms with Crippen molar-refractivity contribution in [3.63, 3.8) is 0 Å². The van der Waals surface area contributed by atoms with Gasteiger partial charge in [-0.2, -0.15) is 0 Å². The molecule has 1 saturated carbocycles. The Balaban J connectivity index is 1.54. The third-order valence-corrected chi connectivity index (χ3v) is 8.41. The number of amides is 2. The minimum Gasteiger partial charge on any atom is -0.497 e. The summed E-state index contributed by atoms with van der Waals surface area (Å²) < 4.78 is 6.22. The van der Waals surface area contributed by atoms with Gasteiger partial charge in [0.2, 0.25) is 11.8 Å². The Hall–Kier alpha value is -2.77. The Morgan fingerprint density at radius 2 is 1.61 bits per heavy atom. The van der Waals surface area contributed by atoms with E-state index < -0.39 is 6.04 Å². The molecular formula is C31H35BrN2O3S. The molecule has 1 N–H and O–H groups in total. The highest BCUT2D eigenvalue weighted by atomic mass is 79.9. The van der Waals surface area contributed by atoms with E-state index in [1.54, 1.807) is 23.8 Å². The Bertz CT molecular complexity index is 1170. The second-order valence-electron chi connectivity index (χ2n) is 9.68. The highest BCUT2D eigenvalue weighted by Crippen LogP contribution is 2.22. The number of benzene rings is 3. The Morgan fingerprint density at radius 1 is 0.947 bits per heavy atom. The average Bonchev–Trinajstić information content (AvgIpc) is 3.45. The molecule has 0 aromatic heterocycles. The summed E-state index contributed by atoms with van der Waals surface area (Å²) in [6.07, 6.45) is 4.75. The second kappa shape index (κ2) is 14.4. The molecule has 0 bridgehead atoms. The summed E-state index contributed by atoms with van der Waals surface area (Å²) in [4.78, 5) is 29.3. The van der Waals surface area contributed by atoms with Crippen molar-refractivity contribution in [1.29, 1.82) is 0 Å². The van der Waals surface area contributed by atoms with E-state index in [9.17, 15) is 9.59 Å². The lowest BCUT2D eigenvalue weighted by molar-refractivity contribution is -0.139. The largest absolute Gasteiger partial charge is 0.497 e. The number of halogens is 1. The van der Waals surface area contributed by atoms with Gasteiger partial charge in [-0.3, -0.25) is 9.59 Å². The maximum Gasteiger partial charge on any atom is 0.243 e. The van der Waals surface area contributed by atoms with E-state index in [0.717, 1.165) is 52.6 Å². The summed E-state index contributed by atoms with van der Waals surface area (Å²) in [7, 11) is 1.65. The minimum absolute atomic E-state index is 0.0334.